The van der Waals surface area contributed by atoms with Gasteiger partial charge in [-0.25, -0.2) is 0 Å². The summed E-state index contributed by atoms with van der Waals surface area (Å²) in [7, 11) is 0. The van der Waals surface area contributed by atoms with Crippen molar-refractivity contribution < 1.29 is 19.4 Å². The summed E-state index contributed by atoms with van der Waals surface area (Å²) in [5.41, 5.74) is 0. The van der Waals surface area contributed by atoms with Gasteiger partial charge in [-0.05, 0) is 25.8 Å². The van der Waals surface area contributed by atoms with Crippen molar-refractivity contribution in [3.05, 3.63) is 24.3 Å². The van der Waals surface area contributed by atoms with Gasteiger partial charge in [0.25, 0.3) is 0 Å². The van der Waals surface area contributed by atoms with E-state index in [1.807, 2.05) is 0 Å². The predicted octanol–water partition coefficient (Wildman–Crippen LogP) is 1.30. The molecular weight excluding hydrogens is 268 g/mol. The predicted molar refractivity (Wildman–Crippen MR) is 82.1 cm³/mol. The van der Waals surface area contributed by atoms with E-state index in [2.05, 4.69) is 34.9 Å². The van der Waals surface area contributed by atoms with Gasteiger partial charge in [-0.3, -0.25) is 4.42 Å². The second-order valence-corrected chi connectivity index (χ2v) is 4.16. The molecule has 4 heteroatoms. The fourth-order valence-corrected chi connectivity index (χ4v) is 1.30. The Morgan fingerprint density at radius 3 is 2.81 bits per heavy atom. The number of aliphatic hydroxyl groups is 2. The zero-order valence-corrected chi connectivity index (χ0v) is 12.2. The van der Waals surface area contributed by atoms with Gasteiger partial charge in [0.1, 0.15) is 12.5 Å². The molecular formula is C17H21O4+. The van der Waals surface area contributed by atoms with Crippen LogP contribution in [0, 0.1) is 23.7 Å². The van der Waals surface area contributed by atoms with Crippen molar-refractivity contribution in [3.8, 4) is 23.7 Å². The Hall–Kier alpha value is -2.14. The highest BCUT2D eigenvalue weighted by Crippen LogP contribution is 2.00. The maximum Gasteiger partial charge on any atom is 0.579 e. The third kappa shape index (κ3) is 12.6. The lowest BCUT2D eigenvalue weighted by Gasteiger charge is -1.98. The molecule has 4 nitrogen and oxygen atoms in total. The summed E-state index contributed by atoms with van der Waals surface area (Å²) in [4.78, 5) is 10.8. The Balaban J connectivity index is 3.95. The van der Waals surface area contributed by atoms with E-state index < -0.39 is 18.2 Å². The maximum absolute atomic E-state index is 10.8. The van der Waals surface area contributed by atoms with E-state index in [-0.39, 0.29) is 6.42 Å². The molecule has 0 aliphatic heterocycles. The minimum Gasteiger partial charge on any atom is -0.388 e. The molecule has 2 unspecified atom stereocenters. The molecule has 2 N–H and O–H groups in total. The maximum atomic E-state index is 10.8. The molecule has 0 spiro atoms. The molecule has 0 aromatic rings. The first-order chi connectivity index (χ1) is 10.1. The summed E-state index contributed by atoms with van der Waals surface area (Å²) >= 11 is 0. The first-order valence-electron chi connectivity index (χ1n) is 6.65. The summed E-state index contributed by atoms with van der Waals surface area (Å²) in [6.07, 6.45) is 6.69. The molecule has 0 radical (unpaired) electrons. The quantitative estimate of drug-likeness (QED) is 0.422. The number of aliphatic hydroxyl groups excluding tert-OH is 2. The summed E-state index contributed by atoms with van der Waals surface area (Å²) in [5, 5.41) is 19.0. The average Bonchev–Trinajstić information content (AvgIpc) is 2.48. The Morgan fingerprint density at radius 2 is 2.14 bits per heavy atom. The SMILES string of the molecule is C=[O+]C(=O)CCCC(O)C#C/C=C/C=C/C(O)CC#CC. The minimum absolute atomic E-state index is 0.222. The Labute approximate surface area is 125 Å². The van der Waals surface area contributed by atoms with Gasteiger partial charge >= 0.3 is 5.97 Å². The van der Waals surface area contributed by atoms with Crippen molar-refractivity contribution >= 4 is 12.8 Å². The highest BCUT2D eigenvalue weighted by Gasteiger charge is 2.11. The van der Waals surface area contributed by atoms with E-state index in [0.717, 1.165) is 0 Å². The molecule has 0 amide bonds. The summed E-state index contributed by atoms with van der Waals surface area (Å²) in [6.45, 7) is 4.73. The fourth-order valence-electron chi connectivity index (χ4n) is 1.30. The van der Waals surface area contributed by atoms with Crippen molar-refractivity contribution in [1.29, 1.82) is 0 Å². The molecule has 0 fully saturated rings. The van der Waals surface area contributed by atoms with Gasteiger partial charge in [-0.1, -0.05) is 30.1 Å². The zero-order valence-electron chi connectivity index (χ0n) is 12.2. The fraction of sp³-hybridized carbons (Fsp3) is 0.412. The number of rotatable bonds is 7. The van der Waals surface area contributed by atoms with Crippen LogP contribution in [-0.4, -0.2) is 35.2 Å². The van der Waals surface area contributed by atoms with Crippen LogP contribution in [0.5, 0.6) is 0 Å². The lowest BCUT2D eigenvalue weighted by Crippen LogP contribution is -2.04. The highest BCUT2D eigenvalue weighted by molar-refractivity contribution is 5.66. The van der Waals surface area contributed by atoms with Crippen LogP contribution in [0.25, 0.3) is 0 Å². The highest BCUT2D eigenvalue weighted by atomic mass is 16.4. The largest absolute Gasteiger partial charge is 0.579 e. The van der Waals surface area contributed by atoms with E-state index in [9.17, 15) is 15.0 Å². The second-order valence-electron chi connectivity index (χ2n) is 4.16. The van der Waals surface area contributed by atoms with E-state index in [4.69, 9.17) is 0 Å². The molecule has 0 bridgehead atoms. The van der Waals surface area contributed by atoms with E-state index >= 15 is 0 Å². The molecule has 0 rings (SSSR count). The van der Waals surface area contributed by atoms with E-state index in [1.54, 1.807) is 31.2 Å². The van der Waals surface area contributed by atoms with Gasteiger partial charge in [0.15, 0.2) is 6.79 Å². The van der Waals surface area contributed by atoms with Crippen LogP contribution in [0.15, 0.2) is 24.3 Å². The average molecular weight is 289 g/mol. The number of hydrogen-bond acceptors (Lipinski definition) is 3. The summed E-state index contributed by atoms with van der Waals surface area (Å²) in [6, 6.07) is 0. The molecule has 0 saturated carbocycles. The standard InChI is InChI=1S/C17H21O4/c1-3-4-10-15(18)11-7-5-6-8-12-16(19)13-9-14-17(20)21-2/h5-7,11,15-16,18-19H,2,9-10,13-14H2,1H3/q+1/b6-5+,11-7+. The smallest absolute Gasteiger partial charge is 0.388 e. The molecule has 0 aromatic carbocycles. The van der Waals surface area contributed by atoms with E-state index in [1.165, 1.54) is 0 Å². The topological polar surface area (TPSA) is 68.8 Å². The van der Waals surface area contributed by atoms with Gasteiger partial charge in [0.2, 0.25) is 0 Å². The van der Waals surface area contributed by atoms with Crippen LogP contribution >= 0.6 is 0 Å². The van der Waals surface area contributed by atoms with Crippen molar-refractivity contribution in [2.45, 2.75) is 44.8 Å². The zero-order chi connectivity index (χ0) is 15.9. The van der Waals surface area contributed by atoms with Gasteiger partial charge in [-0.15, -0.1) is 11.8 Å². The molecule has 2 atom stereocenters. The molecule has 21 heavy (non-hydrogen) atoms. The van der Waals surface area contributed by atoms with Crippen LogP contribution in [0.2, 0.25) is 0 Å². The Morgan fingerprint density at radius 1 is 1.38 bits per heavy atom. The third-order valence-electron chi connectivity index (χ3n) is 2.38. The Bertz CT molecular complexity index is 494. The van der Waals surface area contributed by atoms with Gasteiger partial charge in [0.05, 0.1) is 6.10 Å². The molecule has 0 aliphatic carbocycles. The van der Waals surface area contributed by atoms with Crippen LogP contribution in [0.1, 0.15) is 32.6 Å². The van der Waals surface area contributed by atoms with Gasteiger partial charge in [0, 0.05) is 11.2 Å². The van der Waals surface area contributed by atoms with Crippen LogP contribution in [-0.2, 0) is 9.22 Å². The monoisotopic (exact) mass is 289 g/mol. The third-order valence-corrected chi connectivity index (χ3v) is 2.38. The van der Waals surface area contributed by atoms with Crippen molar-refractivity contribution in [3.63, 3.8) is 0 Å². The minimum atomic E-state index is -0.776. The van der Waals surface area contributed by atoms with Crippen molar-refractivity contribution in [2.75, 3.05) is 0 Å². The van der Waals surface area contributed by atoms with E-state index in [0.29, 0.717) is 19.3 Å². The van der Waals surface area contributed by atoms with Crippen LogP contribution in [0.4, 0.5) is 0 Å². The summed E-state index contributed by atoms with van der Waals surface area (Å²) in [5.74, 6) is 10.4. The van der Waals surface area contributed by atoms with Gasteiger partial charge < -0.3 is 10.2 Å². The number of allylic oxidation sites excluding steroid dienone is 3. The first-order valence-corrected chi connectivity index (χ1v) is 6.65. The van der Waals surface area contributed by atoms with Crippen molar-refractivity contribution in [1.82, 2.24) is 0 Å². The first kappa shape index (κ1) is 18.9. The molecule has 0 heterocycles. The van der Waals surface area contributed by atoms with Gasteiger partial charge in [-0.2, -0.15) is 0 Å². The Kier molecular flexibility index (Phi) is 11.6. The van der Waals surface area contributed by atoms with Crippen LogP contribution < -0.4 is 0 Å². The molecule has 0 aliphatic rings. The van der Waals surface area contributed by atoms with Crippen molar-refractivity contribution in [2.24, 2.45) is 0 Å². The lowest BCUT2D eigenvalue weighted by molar-refractivity contribution is -0.369. The molecule has 112 valence electrons. The summed E-state index contributed by atoms with van der Waals surface area (Å²) < 4.78 is 4.25. The molecule has 0 saturated heterocycles. The lowest BCUT2D eigenvalue weighted by atomic mass is 10.1. The normalized spacial score (nSPS) is 13.1. The van der Waals surface area contributed by atoms with Crippen LogP contribution in [0.3, 0.4) is 0 Å². The number of carbonyl (C=O) groups is 1. The number of carbonyl (C=O) groups excluding carboxylic acids is 2. The number of hydrogen-bond donors (Lipinski definition) is 2. The second kappa shape index (κ2) is 12.9. The molecule has 0 aromatic heterocycles.